The fraction of sp³-hybridized carbons (Fsp3) is 0.457. The molecule has 3 aromatic heterocycles. The number of carbonyl (C=O) groups is 4. The van der Waals surface area contributed by atoms with Gasteiger partial charge in [0, 0.05) is 34.9 Å². The molecule has 0 unspecified atom stereocenters. The predicted molar refractivity (Wildman–Crippen MR) is 234 cm³/mol. The number of halogens is 1. The van der Waals surface area contributed by atoms with Crippen molar-refractivity contribution < 1.29 is 50.4 Å². The van der Waals surface area contributed by atoms with Crippen molar-refractivity contribution in [1.29, 1.82) is 0 Å². The third-order valence-electron chi connectivity index (χ3n) is 12.1. The van der Waals surface area contributed by atoms with Crippen molar-refractivity contribution in [2.75, 3.05) is 6.54 Å². The Morgan fingerprint density at radius 1 is 1.00 bits per heavy atom. The minimum absolute atomic E-state index is 0.0321. The lowest BCUT2D eigenvalue weighted by Crippen LogP contribution is -2.58. The Bertz CT molecular complexity index is 2830. The fourth-order valence-electron chi connectivity index (χ4n) is 8.55. The summed E-state index contributed by atoms with van der Waals surface area (Å²) in [5.41, 5.74) is 0.245. The molecular formula is C46H50FN7O10S. The number of carbonyl (C=O) groups excluding carboxylic acids is 4. The van der Waals surface area contributed by atoms with Crippen molar-refractivity contribution in [3.05, 3.63) is 72.3 Å². The van der Waals surface area contributed by atoms with Crippen molar-refractivity contribution in [2.45, 2.75) is 120 Å². The number of aromatic nitrogens is 3. The zero-order valence-electron chi connectivity index (χ0n) is 36.4. The van der Waals surface area contributed by atoms with Crippen LogP contribution >= 0.6 is 0 Å². The zero-order valence-corrected chi connectivity index (χ0v) is 37.2. The number of sulfonamides is 1. The summed E-state index contributed by atoms with van der Waals surface area (Å²) in [5, 5.41) is 9.38. The Labute approximate surface area is 373 Å². The maximum absolute atomic E-state index is 14.8. The summed E-state index contributed by atoms with van der Waals surface area (Å²) in [6.07, 6.45) is 5.87. The summed E-state index contributed by atoms with van der Waals surface area (Å²) in [7, 11) is -3.96. The monoisotopic (exact) mass is 911 g/mol. The molecule has 3 fully saturated rings. The SMILES string of the molecule is Cc1cc(-c2ccc(-c3nc(O[C@@H]4C[C@H]5C(=O)N[C@]6(C(=O)NS(=O)(=O)C7CC7)C[C@H]6/C=C\CCCCC[C@H](NC(=O)OC(C)(C)C)C(=O)N5C4)c4oc5ccc(F)cc5c4n3)cc2)no1. The summed E-state index contributed by atoms with van der Waals surface area (Å²) >= 11 is 0. The lowest BCUT2D eigenvalue weighted by molar-refractivity contribution is -0.141. The van der Waals surface area contributed by atoms with Crippen LogP contribution in [-0.4, -0.2) is 93.4 Å². The molecule has 5 atom stereocenters. The number of fused-ring (bicyclic) bond motifs is 5. The van der Waals surface area contributed by atoms with E-state index in [4.69, 9.17) is 28.4 Å². The average molecular weight is 912 g/mol. The second-order valence-electron chi connectivity index (χ2n) is 18.4. The van der Waals surface area contributed by atoms with E-state index in [0.717, 1.165) is 12.0 Å². The highest BCUT2D eigenvalue weighted by Gasteiger charge is 2.62. The van der Waals surface area contributed by atoms with E-state index in [1.807, 2.05) is 24.3 Å². The molecule has 2 aromatic carbocycles. The fourth-order valence-corrected chi connectivity index (χ4v) is 9.91. The van der Waals surface area contributed by atoms with Crippen molar-refractivity contribution in [3.8, 4) is 28.5 Å². The number of ether oxygens (including phenoxy) is 2. The Hall–Kier alpha value is -6.37. The maximum atomic E-state index is 14.8. The highest BCUT2D eigenvalue weighted by molar-refractivity contribution is 7.91. The zero-order chi connectivity index (χ0) is 45.8. The Balaban J connectivity index is 1.07. The van der Waals surface area contributed by atoms with Crippen molar-refractivity contribution in [1.82, 2.24) is 35.4 Å². The van der Waals surface area contributed by atoms with Crippen LogP contribution in [0.3, 0.4) is 0 Å². The first-order valence-corrected chi connectivity index (χ1v) is 23.5. The summed E-state index contributed by atoms with van der Waals surface area (Å²) in [4.78, 5) is 67.4. The number of nitrogens with zero attached hydrogens (tertiary/aromatic N) is 4. The van der Waals surface area contributed by atoms with Crippen LogP contribution < -0.4 is 20.1 Å². The van der Waals surface area contributed by atoms with Gasteiger partial charge in [-0.05, 0) is 84.4 Å². The molecule has 2 aliphatic heterocycles. The van der Waals surface area contributed by atoms with Crippen LogP contribution in [0.15, 0.2) is 69.6 Å². The second kappa shape index (κ2) is 16.9. The molecule has 2 saturated carbocycles. The number of nitrogens with one attached hydrogen (secondary N) is 3. The number of amides is 4. The molecule has 4 aliphatic rings. The summed E-state index contributed by atoms with van der Waals surface area (Å²) < 4.78 is 66.5. The largest absolute Gasteiger partial charge is 0.470 e. The van der Waals surface area contributed by atoms with E-state index in [-0.39, 0.29) is 48.6 Å². The van der Waals surface area contributed by atoms with Gasteiger partial charge in [0.25, 0.3) is 11.8 Å². The summed E-state index contributed by atoms with van der Waals surface area (Å²) in [5.74, 6) is -2.30. The quantitative estimate of drug-likeness (QED) is 0.144. The van der Waals surface area contributed by atoms with Gasteiger partial charge < -0.3 is 33.9 Å². The normalized spacial score (nSPS) is 24.6. The summed E-state index contributed by atoms with van der Waals surface area (Å²) in [6.45, 7) is 6.75. The van der Waals surface area contributed by atoms with E-state index >= 15 is 0 Å². The van der Waals surface area contributed by atoms with Crippen molar-refractivity contribution >= 4 is 55.9 Å². The van der Waals surface area contributed by atoms with E-state index in [9.17, 15) is 32.0 Å². The second-order valence-corrected chi connectivity index (χ2v) is 20.3. The smallest absolute Gasteiger partial charge is 0.408 e. The molecule has 0 radical (unpaired) electrons. The van der Waals surface area contributed by atoms with Gasteiger partial charge in [0.15, 0.2) is 5.82 Å². The standard InChI is InChI=1S/C46H50FN7O10S/c1-25-20-34(52-64-25)26-12-14-27(15-13-26)39-49-37-32-21-29(47)16-19-36(32)62-38(37)41(50-39)61-30-22-35-40(55)51-46(43(57)53-65(59,60)31-17-18-31)23-28(46)10-8-6-5-7-9-11-33(42(56)54(35)24-30)48-44(58)63-45(2,3)4/h8,10,12-16,19-21,28,30-31,33,35H,5-7,9,11,17-18,22-24H2,1-4H3,(H,48,58)(H,51,55)(H,53,57)/b10-8-/t28-,30-,33+,35+,46-/m1/s1. The molecule has 65 heavy (non-hydrogen) atoms. The number of alkyl carbamates (subject to hydrolysis) is 1. The molecule has 17 nitrogen and oxygen atoms in total. The van der Waals surface area contributed by atoms with E-state index in [2.05, 4.69) is 20.5 Å². The average Bonchev–Trinajstić information content (AvgIpc) is 4.09. The van der Waals surface area contributed by atoms with Crippen LogP contribution in [0.5, 0.6) is 5.88 Å². The number of allylic oxidation sites excluding steroid dienone is 1. The molecule has 19 heteroatoms. The number of hydrogen-bond donors (Lipinski definition) is 3. The molecule has 9 rings (SSSR count). The first-order valence-electron chi connectivity index (χ1n) is 21.9. The highest BCUT2D eigenvalue weighted by Crippen LogP contribution is 2.46. The lowest BCUT2D eigenvalue weighted by Gasteiger charge is -2.30. The van der Waals surface area contributed by atoms with Crippen LogP contribution in [0, 0.1) is 18.7 Å². The van der Waals surface area contributed by atoms with Gasteiger partial charge >= 0.3 is 6.09 Å². The number of aryl methyl sites for hydroxylation is 1. The maximum Gasteiger partial charge on any atom is 0.408 e. The van der Waals surface area contributed by atoms with Gasteiger partial charge in [-0.1, -0.05) is 54.4 Å². The van der Waals surface area contributed by atoms with Crippen LogP contribution in [0.2, 0.25) is 0 Å². The molecule has 4 amide bonds. The molecule has 0 bridgehead atoms. The Kier molecular flexibility index (Phi) is 11.4. The van der Waals surface area contributed by atoms with Crippen LogP contribution in [0.4, 0.5) is 9.18 Å². The van der Waals surface area contributed by atoms with E-state index in [1.54, 1.807) is 45.9 Å². The first-order chi connectivity index (χ1) is 31.0. The van der Waals surface area contributed by atoms with Gasteiger partial charge in [-0.15, -0.1) is 0 Å². The topological polar surface area (TPSA) is 225 Å². The minimum atomic E-state index is -3.96. The van der Waals surface area contributed by atoms with Gasteiger partial charge in [0.2, 0.25) is 27.4 Å². The molecule has 0 spiro atoms. The lowest BCUT2D eigenvalue weighted by atomic mass is 10.0. The first kappa shape index (κ1) is 43.9. The number of furan rings is 1. The third kappa shape index (κ3) is 9.28. The number of benzene rings is 2. The van der Waals surface area contributed by atoms with Crippen molar-refractivity contribution in [2.24, 2.45) is 5.92 Å². The highest BCUT2D eigenvalue weighted by atomic mass is 32.2. The van der Waals surface area contributed by atoms with Gasteiger partial charge in [-0.25, -0.2) is 22.6 Å². The van der Waals surface area contributed by atoms with E-state index < -0.39 is 80.2 Å². The van der Waals surface area contributed by atoms with Gasteiger partial charge in [-0.2, -0.15) is 4.98 Å². The van der Waals surface area contributed by atoms with E-state index in [1.165, 1.54) is 23.1 Å². The van der Waals surface area contributed by atoms with Gasteiger partial charge in [0.05, 0.1) is 11.8 Å². The molecule has 342 valence electrons. The molecule has 1 saturated heterocycles. The minimum Gasteiger partial charge on any atom is -0.470 e. The third-order valence-corrected chi connectivity index (χ3v) is 13.9. The van der Waals surface area contributed by atoms with Crippen LogP contribution in [-0.2, 0) is 29.1 Å². The van der Waals surface area contributed by atoms with E-state index in [0.29, 0.717) is 60.1 Å². The Morgan fingerprint density at radius 3 is 2.49 bits per heavy atom. The predicted octanol–water partition coefficient (Wildman–Crippen LogP) is 6.39. The molecular weight excluding hydrogens is 862 g/mol. The van der Waals surface area contributed by atoms with Crippen LogP contribution in [0.25, 0.3) is 44.7 Å². The van der Waals surface area contributed by atoms with Gasteiger partial charge in [0.1, 0.15) is 57.7 Å². The van der Waals surface area contributed by atoms with Gasteiger partial charge in [-0.3, -0.25) is 19.1 Å². The number of hydrogen-bond acceptors (Lipinski definition) is 13. The molecule has 5 aromatic rings. The molecule has 5 heterocycles. The molecule has 3 N–H and O–H groups in total. The molecule has 2 aliphatic carbocycles. The summed E-state index contributed by atoms with van der Waals surface area (Å²) in [6, 6.07) is 10.7. The van der Waals surface area contributed by atoms with Crippen LogP contribution in [0.1, 0.15) is 84.3 Å². The number of rotatable bonds is 8. The van der Waals surface area contributed by atoms with Crippen molar-refractivity contribution in [3.63, 3.8) is 0 Å². The Morgan fingerprint density at radius 2 is 1.77 bits per heavy atom.